The molecule has 0 saturated heterocycles. The number of carbonyl (C=O) groups is 2. The lowest BCUT2D eigenvalue weighted by Crippen LogP contribution is -2.34. The van der Waals surface area contributed by atoms with E-state index in [0.29, 0.717) is 23.7 Å². The van der Waals surface area contributed by atoms with E-state index in [1.165, 1.54) is 0 Å². The van der Waals surface area contributed by atoms with E-state index in [2.05, 4.69) is 10.4 Å². The van der Waals surface area contributed by atoms with Crippen LogP contribution in [-0.2, 0) is 16.1 Å². The maximum atomic E-state index is 12.2. The van der Waals surface area contributed by atoms with E-state index >= 15 is 0 Å². The van der Waals surface area contributed by atoms with Crippen LogP contribution in [0.2, 0.25) is 5.02 Å². The van der Waals surface area contributed by atoms with Gasteiger partial charge >= 0.3 is 0 Å². The lowest BCUT2D eigenvalue weighted by atomic mass is 10.1. The average Bonchev–Trinajstić information content (AvgIpc) is 2.72. The number of rotatable bonds is 9. The van der Waals surface area contributed by atoms with E-state index in [1.54, 1.807) is 37.5 Å². The van der Waals surface area contributed by atoms with Crippen LogP contribution >= 0.6 is 11.6 Å². The van der Waals surface area contributed by atoms with Gasteiger partial charge in [0, 0.05) is 17.1 Å². The van der Waals surface area contributed by atoms with Gasteiger partial charge in [-0.25, -0.2) is 5.01 Å². The van der Waals surface area contributed by atoms with Gasteiger partial charge in [0.1, 0.15) is 12.3 Å². The molecule has 0 radical (unpaired) electrons. The largest absolute Gasteiger partial charge is 0.497 e. The Bertz CT molecular complexity index is 846. The van der Waals surface area contributed by atoms with Crippen molar-refractivity contribution in [3.63, 3.8) is 0 Å². The summed E-state index contributed by atoms with van der Waals surface area (Å²) in [5.41, 5.74) is 2.27. The fraction of sp³-hybridized carbons (Fsp3) is 0.190. The molecule has 0 fully saturated rings. The lowest BCUT2D eigenvalue weighted by Gasteiger charge is -2.13. The fourth-order valence-corrected chi connectivity index (χ4v) is 2.47. The van der Waals surface area contributed by atoms with Crippen molar-refractivity contribution in [2.24, 2.45) is 5.10 Å². The molecule has 6 nitrogen and oxygen atoms in total. The van der Waals surface area contributed by atoms with Crippen molar-refractivity contribution in [2.75, 3.05) is 13.7 Å². The molecule has 7 heteroatoms. The molecule has 0 unspecified atom stereocenters. The molecular formula is C21H22ClN3O3. The molecule has 0 aliphatic heterocycles. The van der Waals surface area contributed by atoms with Crippen molar-refractivity contribution in [2.45, 2.75) is 13.5 Å². The lowest BCUT2D eigenvalue weighted by molar-refractivity contribution is -0.128. The zero-order valence-corrected chi connectivity index (χ0v) is 16.5. The van der Waals surface area contributed by atoms with Gasteiger partial charge in [-0.2, -0.15) is 5.10 Å². The first-order chi connectivity index (χ1) is 13.5. The van der Waals surface area contributed by atoms with Gasteiger partial charge in [-0.1, -0.05) is 29.8 Å². The molecule has 1 N–H and O–H groups in total. The molecule has 146 valence electrons. The van der Waals surface area contributed by atoms with Gasteiger partial charge in [0.25, 0.3) is 0 Å². The molecule has 0 saturated carbocycles. The summed E-state index contributed by atoms with van der Waals surface area (Å²) in [7, 11) is 1.59. The normalized spacial score (nSPS) is 11.3. The minimum absolute atomic E-state index is 0.186. The highest BCUT2D eigenvalue weighted by Gasteiger charge is 2.10. The third-order valence-corrected chi connectivity index (χ3v) is 4.03. The molecule has 2 amide bonds. The zero-order valence-electron chi connectivity index (χ0n) is 15.8. The number of hydrogen-bond donors (Lipinski definition) is 1. The number of halogens is 1. The summed E-state index contributed by atoms with van der Waals surface area (Å²) >= 11 is 5.84. The summed E-state index contributed by atoms with van der Waals surface area (Å²) in [6.07, 6.45) is 4.10. The molecule has 0 heterocycles. The molecule has 0 spiro atoms. The summed E-state index contributed by atoms with van der Waals surface area (Å²) < 4.78 is 5.15. The number of hydrazone groups is 1. The van der Waals surface area contributed by atoms with Crippen LogP contribution in [0.4, 0.5) is 0 Å². The second-order valence-electron chi connectivity index (χ2n) is 5.82. The van der Waals surface area contributed by atoms with Gasteiger partial charge in [0.2, 0.25) is 12.3 Å². The minimum atomic E-state index is -0.319. The van der Waals surface area contributed by atoms with E-state index in [9.17, 15) is 9.59 Å². The molecule has 0 atom stereocenters. The highest BCUT2D eigenvalue weighted by Crippen LogP contribution is 2.13. The Morgan fingerprint density at radius 3 is 2.43 bits per heavy atom. The van der Waals surface area contributed by atoms with Gasteiger partial charge in [0.15, 0.2) is 0 Å². The third kappa shape index (κ3) is 6.55. The van der Waals surface area contributed by atoms with Gasteiger partial charge in [0.05, 0.1) is 12.8 Å². The maximum absolute atomic E-state index is 12.2. The fourth-order valence-electron chi connectivity index (χ4n) is 2.35. The van der Waals surface area contributed by atoms with E-state index in [-0.39, 0.29) is 12.5 Å². The van der Waals surface area contributed by atoms with Crippen molar-refractivity contribution >= 4 is 29.6 Å². The zero-order chi connectivity index (χ0) is 20.4. The SMILES string of the molecule is C/C=C\C(=N/N(C=O)CC(=O)NCc1ccc(Cl)cc1)c1ccc(OC)cc1. The van der Waals surface area contributed by atoms with Crippen molar-refractivity contribution in [1.82, 2.24) is 10.3 Å². The summed E-state index contributed by atoms with van der Waals surface area (Å²) in [5, 5.41) is 8.75. The smallest absolute Gasteiger partial charge is 0.242 e. The van der Waals surface area contributed by atoms with Crippen LogP contribution in [0, 0.1) is 0 Å². The number of nitrogens with zero attached hydrogens (tertiary/aromatic N) is 2. The summed E-state index contributed by atoms with van der Waals surface area (Å²) in [4.78, 5) is 23.6. The first-order valence-corrected chi connectivity index (χ1v) is 9.02. The number of amides is 2. The third-order valence-electron chi connectivity index (χ3n) is 3.78. The van der Waals surface area contributed by atoms with Crippen LogP contribution < -0.4 is 10.1 Å². The first kappa shape index (κ1) is 21.2. The molecule has 0 aliphatic carbocycles. The minimum Gasteiger partial charge on any atom is -0.497 e. The Morgan fingerprint density at radius 1 is 1.18 bits per heavy atom. The molecule has 0 aliphatic rings. The maximum Gasteiger partial charge on any atom is 0.242 e. The number of methoxy groups -OCH3 is 1. The van der Waals surface area contributed by atoms with E-state index in [1.807, 2.05) is 37.3 Å². The molecule has 28 heavy (non-hydrogen) atoms. The van der Waals surface area contributed by atoms with E-state index in [4.69, 9.17) is 16.3 Å². The van der Waals surface area contributed by atoms with Crippen LogP contribution in [-0.4, -0.2) is 36.7 Å². The highest BCUT2D eigenvalue weighted by molar-refractivity contribution is 6.30. The molecule has 2 aromatic carbocycles. The van der Waals surface area contributed by atoms with Crippen LogP contribution in [0.5, 0.6) is 5.75 Å². The summed E-state index contributed by atoms with van der Waals surface area (Å²) in [6, 6.07) is 14.4. The van der Waals surface area contributed by atoms with Gasteiger partial charge in [-0.15, -0.1) is 0 Å². The topological polar surface area (TPSA) is 71.0 Å². The predicted octanol–water partition coefficient (Wildman–Crippen LogP) is 3.40. The van der Waals surface area contributed by atoms with Crippen LogP contribution in [0.15, 0.2) is 65.8 Å². The number of benzene rings is 2. The quantitative estimate of drug-likeness (QED) is 0.399. The number of ether oxygens (including phenoxy) is 1. The molecular weight excluding hydrogens is 378 g/mol. The van der Waals surface area contributed by atoms with Crippen molar-refractivity contribution in [1.29, 1.82) is 0 Å². The van der Waals surface area contributed by atoms with Crippen molar-refractivity contribution in [3.05, 3.63) is 76.8 Å². The second-order valence-corrected chi connectivity index (χ2v) is 6.26. The molecule has 2 rings (SSSR count). The Kier molecular flexibility index (Phi) is 8.24. The van der Waals surface area contributed by atoms with Gasteiger partial charge < -0.3 is 10.1 Å². The number of nitrogens with one attached hydrogen (secondary N) is 1. The predicted molar refractivity (Wildman–Crippen MR) is 110 cm³/mol. The molecule has 2 aromatic rings. The Balaban J connectivity index is 2.04. The van der Waals surface area contributed by atoms with Gasteiger partial charge in [-0.05, 0) is 55.0 Å². The number of carbonyl (C=O) groups excluding carboxylic acids is 2. The first-order valence-electron chi connectivity index (χ1n) is 8.64. The van der Waals surface area contributed by atoms with Gasteiger partial charge in [-0.3, -0.25) is 9.59 Å². The van der Waals surface area contributed by atoms with Crippen molar-refractivity contribution < 1.29 is 14.3 Å². The average molecular weight is 400 g/mol. The summed E-state index contributed by atoms with van der Waals surface area (Å²) in [6.45, 7) is 2.00. The van der Waals surface area contributed by atoms with E-state index in [0.717, 1.165) is 21.9 Å². The van der Waals surface area contributed by atoms with Crippen LogP contribution in [0.25, 0.3) is 0 Å². The molecule has 0 bridgehead atoms. The Hall–Kier alpha value is -3.12. The standard InChI is InChI=1S/C21H22ClN3O3/c1-3-4-20(17-7-11-19(28-2)12-8-17)24-25(15-26)14-21(27)23-13-16-5-9-18(22)10-6-16/h3-12,15H,13-14H2,1-2H3,(H,23,27)/b4-3-,24-20+. The number of hydrogen-bond acceptors (Lipinski definition) is 4. The highest BCUT2D eigenvalue weighted by atomic mass is 35.5. The Morgan fingerprint density at radius 2 is 1.86 bits per heavy atom. The van der Waals surface area contributed by atoms with Crippen LogP contribution in [0.1, 0.15) is 18.1 Å². The van der Waals surface area contributed by atoms with Crippen molar-refractivity contribution in [3.8, 4) is 5.75 Å². The summed E-state index contributed by atoms with van der Waals surface area (Å²) in [5.74, 6) is 0.401. The van der Waals surface area contributed by atoms with Crippen LogP contribution in [0.3, 0.4) is 0 Å². The Labute approximate surface area is 169 Å². The number of allylic oxidation sites excluding steroid dienone is 2. The second kappa shape index (κ2) is 10.9. The molecule has 0 aromatic heterocycles. The van der Waals surface area contributed by atoms with E-state index < -0.39 is 0 Å². The monoisotopic (exact) mass is 399 g/mol.